The van der Waals surface area contributed by atoms with Crippen molar-refractivity contribution in [2.75, 3.05) is 18.8 Å². The molecule has 1 saturated heterocycles. The molecular formula is C23H28NO3S-. The second-order valence-corrected chi connectivity index (χ2v) is 9.81. The molecule has 2 aromatic carbocycles. The number of carbonyl (C=O) groups excluding carboxylic acids is 1. The first kappa shape index (κ1) is 20.7. The van der Waals surface area contributed by atoms with Crippen LogP contribution in [0.1, 0.15) is 38.3 Å². The predicted octanol–water partition coefficient (Wildman–Crippen LogP) is 3.45. The van der Waals surface area contributed by atoms with Crippen molar-refractivity contribution in [2.24, 2.45) is 0 Å². The molecule has 1 aliphatic heterocycles. The molecule has 1 fully saturated rings. The van der Waals surface area contributed by atoms with E-state index in [1.165, 1.54) is 5.56 Å². The maximum atomic E-state index is 11.6. The Bertz CT molecular complexity index is 786. The number of thioether (sulfide) groups is 1. The molecule has 0 saturated carbocycles. The van der Waals surface area contributed by atoms with Crippen molar-refractivity contribution in [2.45, 2.75) is 44.1 Å². The van der Waals surface area contributed by atoms with Gasteiger partial charge in [0.05, 0.1) is 4.75 Å². The van der Waals surface area contributed by atoms with Gasteiger partial charge in [0.25, 0.3) is 0 Å². The molecule has 0 aromatic heterocycles. The summed E-state index contributed by atoms with van der Waals surface area (Å²) in [5.74, 6) is 0.672. The number of rotatable bonds is 6. The maximum Gasteiger partial charge on any atom is 0.120 e. The van der Waals surface area contributed by atoms with Crippen LogP contribution in [0.25, 0.3) is 0 Å². The van der Waals surface area contributed by atoms with Gasteiger partial charge >= 0.3 is 0 Å². The number of hydrogen-bond donors (Lipinski definition) is 0. The van der Waals surface area contributed by atoms with Gasteiger partial charge in [-0.05, 0) is 44.0 Å². The zero-order valence-electron chi connectivity index (χ0n) is 16.8. The molecule has 3 rings (SSSR count). The highest BCUT2D eigenvalue weighted by atomic mass is 32.2. The summed E-state index contributed by atoms with van der Waals surface area (Å²) >= 11 is 1.72. The molecule has 150 valence electrons. The van der Waals surface area contributed by atoms with E-state index in [2.05, 4.69) is 17.0 Å². The van der Waals surface area contributed by atoms with Gasteiger partial charge in [0.15, 0.2) is 0 Å². The SMILES string of the molecule is CC(C)(C)Oc1ccc(C2(CC(=O)[O-])CN(Cc3ccccc3)CCS2)cc1. The van der Waals surface area contributed by atoms with Gasteiger partial charge < -0.3 is 14.6 Å². The van der Waals surface area contributed by atoms with E-state index in [-0.39, 0.29) is 12.0 Å². The second kappa shape index (κ2) is 8.58. The van der Waals surface area contributed by atoms with E-state index in [9.17, 15) is 9.90 Å². The zero-order valence-corrected chi connectivity index (χ0v) is 17.6. The Morgan fingerprint density at radius 2 is 1.82 bits per heavy atom. The lowest BCUT2D eigenvalue weighted by Gasteiger charge is -2.43. The van der Waals surface area contributed by atoms with E-state index in [0.717, 1.165) is 30.2 Å². The summed E-state index contributed by atoms with van der Waals surface area (Å²) in [5, 5.41) is 11.6. The zero-order chi connectivity index (χ0) is 20.2. The first-order valence-corrected chi connectivity index (χ1v) is 10.6. The fourth-order valence-corrected chi connectivity index (χ4v) is 5.17. The van der Waals surface area contributed by atoms with E-state index in [4.69, 9.17) is 4.74 Å². The molecule has 4 nitrogen and oxygen atoms in total. The molecular weight excluding hydrogens is 370 g/mol. The Morgan fingerprint density at radius 3 is 2.43 bits per heavy atom. The van der Waals surface area contributed by atoms with Gasteiger partial charge in [-0.15, -0.1) is 11.8 Å². The van der Waals surface area contributed by atoms with Crippen molar-refractivity contribution in [3.05, 3.63) is 65.7 Å². The molecule has 0 radical (unpaired) electrons. The number of aliphatic carboxylic acids is 1. The molecule has 1 aliphatic rings. The predicted molar refractivity (Wildman–Crippen MR) is 112 cm³/mol. The van der Waals surface area contributed by atoms with Crippen molar-refractivity contribution in [1.82, 2.24) is 4.90 Å². The fraction of sp³-hybridized carbons (Fsp3) is 0.435. The molecule has 0 amide bonds. The van der Waals surface area contributed by atoms with Crippen LogP contribution in [-0.4, -0.2) is 35.3 Å². The van der Waals surface area contributed by atoms with Crippen LogP contribution in [0.4, 0.5) is 0 Å². The summed E-state index contributed by atoms with van der Waals surface area (Å²) in [6, 6.07) is 18.2. The summed E-state index contributed by atoms with van der Waals surface area (Å²) in [5.41, 5.74) is 1.99. The van der Waals surface area contributed by atoms with E-state index in [1.807, 2.05) is 63.2 Å². The number of carboxylic acid groups (broad SMARTS) is 1. The molecule has 1 unspecified atom stereocenters. The average Bonchev–Trinajstić information content (AvgIpc) is 2.61. The minimum atomic E-state index is -1.01. The Balaban J connectivity index is 1.82. The molecule has 0 aliphatic carbocycles. The second-order valence-electron chi connectivity index (χ2n) is 8.33. The Labute approximate surface area is 171 Å². The van der Waals surface area contributed by atoms with Crippen LogP contribution in [0.3, 0.4) is 0 Å². The first-order chi connectivity index (χ1) is 13.3. The van der Waals surface area contributed by atoms with Gasteiger partial charge in [-0.1, -0.05) is 42.5 Å². The average molecular weight is 399 g/mol. The van der Waals surface area contributed by atoms with Gasteiger partial charge in [-0.25, -0.2) is 0 Å². The van der Waals surface area contributed by atoms with E-state index < -0.39 is 10.7 Å². The monoisotopic (exact) mass is 398 g/mol. The van der Waals surface area contributed by atoms with Crippen molar-refractivity contribution in [3.8, 4) is 5.75 Å². The molecule has 1 heterocycles. The fourth-order valence-electron chi connectivity index (χ4n) is 3.63. The highest BCUT2D eigenvalue weighted by molar-refractivity contribution is 8.00. The van der Waals surface area contributed by atoms with Crippen molar-refractivity contribution < 1.29 is 14.6 Å². The van der Waals surface area contributed by atoms with E-state index in [1.54, 1.807) is 11.8 Å². The van der Waals surface area contributed by atoms with Gasteiger partial charge in [0.2, 0.25) is 0 Å². The van der Waals surface area contributed by atoms with Crippen LogP contribution in [-0.2, 0) is 16.1 Å². The lowest BCUT2D eigenvalue weighted by atomic mass is 9.93. The summed E-state index contributed by atoms with van der Waals surface area (Å²) < 4.78 is 5.40. The largest absolute Gasteiger partial charge is 0.550 e. The summed E-state index contributed by atoms with van der Waals surface area (Å²) in [6.07, 6.45) is 0.00241. The van der Waals surface area contributed by atoms with E-state index in [0.29, 0.717) is 6.54 Å². The minimum absolute atomic E-state index is 0.00241. The standard InChI is InChI=1S/C23H29NO3S/c1-22(2,3)27-20-11-9-19(10-12-20)23(15-21(25)26)17-24(13-14-28-23)16-18-7-5-4-6-8-18/h4-12H,13-17H2,1-3H3,(H,25,26)/p-1. The number of nitrogens with zero attached hydrogens (tertiary/aromatic N) is 1. The molecule has 0 N–H and O–H groups in total. The van der Waals surface area contributed by atoms with Crippen molar-refractivity contribution >= 4 is 17.7 Å². The maximum absolute atomic E-state index is 11.6. The Morgan fingerprint density at radius 1 is 1.14 bits per heavy atom. The van der Waals surface area contributed by atoms with Gasteiger partial charge in [-0.2, -0.15) is 0 Å². The number of ether oxygens (including phenoxy) is 1. The number of carbonyl (C=O) groups is 1. The van der Waals surface area contributed by atoms with Crippen molar-refractivity contribution in [3.63, 3.8) is 0 Å². The van der Waals surface area contributed by atoms with Crippen LogP contribution in [0.2, 0.25) is 0 Å². The van der Waals surface area contributed by atoms with Crippen molar-refractivity contribution in [1.29, 1.82) is 0 Å². The minimum Gasteiger partial charge on any atom is -0.550 e. The van der Waals surface area contributed by atoms with Gasteiger partial charge in [0.1, 0.15) is 11.4 Å². The molecule has 28 heavy (non-hydrogen) atoms. The van der Waals surface area contributed by atoms with Crippen LogP contribution >= 0.6 is 11.8 Å². The lowest BCUT2D eigenvalue weighted by molar-refractivity contribution is -0.306. The normalized spacial score (nSPS) is 20.7. The lowest BCUT2D eigenvalue weighted by Crippen LogP contribution is -2.47. The summed E-state index contributed by atoms with van der Waals surface area (Å²) in [4.78, 5) is 13.9. The third-order valence-electron chi connectivity index (χ3n) is 4.75. The van der Waals surface area contributed by atoms with E-state index >= 15 is 0 Å². The molecule has 5 heteroatoms. The smallest absolute Gasteiger partial charge is 0.120 e. The topological polar surface area (TPSA) is 52.6 Å². The molecule has 1 atom stereocenters. The third kappa shape index (κ3) is 5.52. The summed E-state index contributed by atoms with van der Waals surface area (Å²) in [6.45, 7) is 8.48. The quantitative estimate of drug-likeness (QED) is 0.746. The van der Waals surface area contributed by atoms with Gasteiger partial charge in [0, 0.05) is 37.8 Å². The highest BCUT2D eigenvalue weighted by Gasteiger charge is 2.38. The Hall–Kier alpha value is -1.98. The highest BCUT2D eigenvalue weighted by Crippen LogP contribution is 2.44. The van der Waals surface area contributed by atoms with Crippen LogP contribution in [0.15, 0.2) is 54.6 Å². The molecule has 0 spiro atoms. The van der Waals surface area contributed by atoms with Crippen LogP contribution < -0.4 is 9.84 Å². The third-order valence-corrected chi connectivity index (χ3v) is 6.20. The number of carboxylic acids is 1. The van der Waals surface area contributed by atoms with Crippen LogP contribution in [0.5, 0.6) is 5.75 Å². The van der Waals surface area contributed by atoms with Gasteiger partial charge in [-0.3, -0.25) is 4.90 Å². The molecule has 0 bridgehead atoms. The number of hydrogen-bond acceptors (Lipinski definition) is 5. The summed E-state index contributed by atoms with van der Waals surface area (Å²) in [7, 11) is 0. The molecule has 2 aromatic rings. The first-order valence-electron chi connectivity index (χ1n) is 9.65. The Kier molecular flexibility index (Phi) is 6.36. The number of benzene rings is 2. The van der Waals surface area contributed by atoms with Crippen LogP contribution in [0, 0.1) is 0 Å².